The Bertz CT molecular complexity index is 699. The number of nitrogens with two attached hydrogens (primary N) is 1. The summed E-state index contributed by atoms with van der Waals surface area (Å²) in [6.45, 7) is 1.92. The molecule has 1 aromatic carbocycles. The largest absolute Gasteiger partial charge is 0.399 e. The van der Waals surface area contributed by atoms with E-state index in [0.717, 1.165) is 5.01 Å². The maximum absolute atomic E-state index is 12.2. The summed E-state index contributed by atoms with van der Waals surface area (Å²) in [5.41, 5.74) is 5.98. The molecule has 0 bridgehead atoms. The normalized spacial score (nSPS) is 11.5. The molecule has 102 valence electrons. The van der Waals surface area contributed by atoms with Crippen molar-refractivity contribution in [2.75, 3.05) is 10.5 Å². The van der Waals surface area contributed by atoms with Crippen LogP contribution in [0.4, 0.5) is 10.8 Å². The molecule has 0 aliphatic carbocycles. The SMILES string of the molecule is CCc1nnc(NS(=O)(=O)c2cc(N)ccc2Br)s1. The van der Waals surface area contributed by atoms with E-state index in [2.05, 4.69) is 30.8 Å². The first kappa shape index (κ1) is 14.2. The first-order valence-electron chi connectivity index (χ1n) is 5.32. The Morgan fingerprint density at radius 2 is 2.16 bits per heavy atom. The number of benzene rings is 1. The van der Waals surface area contributed by atoms with Crippen molar-refractivity contribution in [3.8, 4) is 0 Å². The average molecular weight is 363 g/mol. The highest BCUT2D eigenvalue weighted by Gasteiger charge is 2.20. The van der Waals surface area contributed by atoms with Gasteiger partial charge in [-0.25, -0.2) is 8.42 Å². The van der Waals surface area contributed by atoms with Crippen LogP contribution in [0.2, 0.25) is 0 Å². The van der Waals surface area contributed by atoms with Gasteiger partial charge < -0.3 is 5.73 Å². The lowest BCUT2D eigenvalue weighted by molar-refractivity contribution is 0.600. The monoisotopic (exact) mass is 362 g/mol. The van der Waals surface area contributed by atoms with Crippen molar-refractivity contribution in [3.05, 3.63) is 27.7 Å². The number of rotatable bonds is 4. The van der Waals surface area contributed by atoms with Crippen LogP contribution >= 0.6 is 27.3 Å². The molecule has 0 aliphatic heterocycles. The third-order valence-electron chi connectivity index (χ3n) is 2.24. The summed E-state index contributed by atoms with van der Waals surface area (Å²) in [5.74, 6) is 0. The maximum Gasteiger partial charge on any atom is 0.264 e. The summed E-state index contributed by atoms with van der Waals surface area (Å²) in [6, 6.07) is 4.58. The van der Waals surface area contributed by atoms with Gasteiger partial charge in [-0.15, -0.1) is 10.2 Å². The van der Waals surface area contributed by atoms with E-state index in [1.807, 2.05) is 6.92 Å². The Morgan fingerprint density at radius 3 is 2.79 bits per heavy atom. The van der Waals surface area contributed by atoms with E-state index < -0.39 is 10.0 Å². The van der Waals surface area contributed by atoms with E-state index in [4.69, 9.17) is 5.73 Å². The second-order valence-electron chi connectivity index (χ2n) is 3.65. The van der Waals surface area contributed by atoms with Crippen molar-refractivity contribution in [3.63, 3.8) is 0 Å². The zero-order valence-electron chi connectivity index (χ0n) is 9.92. The number of nitrogens with one attached hydrogen (secondary N) is 1. The number of sulfonamides is 1. The number of nitrogens with zero attached hydrogens (tertiary/aromatic N) is 2. The average Bonchev–Trinajstić information content (AvgIpc) is 2.79. The van der Waals surface area contributed by atoms with Crippen molar-refractivity contribution >= 4 is 48.1 Å². The smallest absolute Gasteiger partial charge is 0.264 e. The zero-order chi connectivity index (χ0) is 14.0. The molecule has 2 aromatic rings. The molecule has 3 N–H and O–H groups in total. The molecular weight excluding hydrogens is 352 g/mol. The van der Waals surface area contributed by atoms with Crippen LogP contribution in [-0.4, -0.2) is 18.6 Å². The predicted molar refractivity (Wildman–Crippen MR) is 78.6 cm³/mol. The number of nitrogen functional groups attached to an aromatic ring is 1. The second-order valence-corrected chi connectivity index (χ2v) is 7.22. The molecule has 0 saturated carbocycles. The molecule has 9 heteroatoms. The van der Waals surface area contributed by atoms with Crippen LogP contribution in [0.25, 0.3) is 0 Å². The quantitative estimate of drug-likeness (QED) is 0.812. The van der Waals surface area contributed by atoms with Crippen LogP contribution in [0.15, 0.2) is 27.6 Å². The fourth-order valence-electron chi connectivity index (χ4n) is 1.33. The van der Waals surface area contributed by atoms with Gasteiger partial charge in [-0.3, -0.25) is 4.72 Å². The van der Waals surface area contributed by atoms with Crippen LogP contribution < -0.4 is 10.5 Å². The minimum absolute atomic E-state index is 0.0701. The van der Waals surface area contributed by atoms with Crippen molar-refractivity contribution in [2.24, 2.45) is 0 Å². The van der Waals surface area contributed by atoms with Crippen LogP contribution in [0.1, 0.15) is 11.9 Å². The number of anilines is 2. The van der Waals surface area contributed by atoms with E-state index in [-0.39, 0.29) is 10.0 Å². The van der Waals surface area contributed by atoms with Gasteiger partial charge in [0.2, 0.25) is 5.13 Å². The first-order valence-corrected chi connectivity index (χ1v) is 8.42. The molecule has 6 nitrogen and oxygen atoms in total. The van der Waals surface area contributed by atoms with Crippen molar-refractivity contribution < 1.29 is 8.42 Å². The minimum atomic E-state index is -3.73. The molecule has 2 rings (SSSR count). The Kier molecular flexibility index (Phi) is 4.07. The molecule has 1 aromatic heterocycles. The summed E-state index contributed by atoms with van der Waals surface area (Å²) < 4.78 is 27.3. The topological polar surface area (TPSA) is 98.0 Å². The number of aromatic nitrogens is 2. The molecule has 0 spiro atoms. The summed E-state index contributed by atoms with van der Waals surface area (Å²) in [7, 11) is -3.73. The summed E-state index contributed by atoms with van der Waals surface area (Å²) in [4.78, 5) is 0.0701. The number of hydrogen-bond acceptors (Lipinski definition) is 6. The van der Waals surface area contributed by atoms with Gasteiger partial charge in [0.25, 0.3) is 10.0 Å². The van der Waals surface area contributed by atoms with Crippen LogP contribution in [0, 0.1) is 0 Å². The molecule has 0 amide bonds. The highest BCUT2D eigenvalue weighted by Crippen LogP contribution is 2.27. The molecule has 1 heterocycles. The van der Waals surface area contributed by atoms with E-state index in [9.17, 15) is 8.42 Å². The molecule has 0 fully saturated rings. The Hall–Kier alpha value is -1.19. The molecule has 0 aliphatic rings. The van der Waals surface area contributed by atoms with Crippen molar-refractivity contribution in [1.29, 1.82) is 0 Å². The summed E-state index contributed by atoms with van der Waals surface area (Å²) in [5, 5.41) is 8.65. The van der Waals surface area contributed by atoms with Gasteiger partial charge in [0.1, 0.15) is 9.90 Å². The van der Waals surface area contributed by atoms with Crippen LogP contribution in [0.5, 0.6) is 0 Å². The van der Waals surface area contributed by atoms with Gasteiger partial charge in [-0.2, -0.15) is 0 Å². The molecule has 0 unspecified atom stereocenters. The summed E-state index contributed by atoms with van der Waals surface area (Å²) in [6.07, 6.45) is 0.710. The Balaban J connectivity index is 2.34. The fraction of sp³-hybridized carbons (Fsp3) is 0.200. The lowest BCUT2D eigenvalue weighted by Gasteiger charge is -2.07. The van der Waals surface area contributed by atoms with E-state index >= 15 is 0 Å². The van der Waals surface area contributed by atoms with Crippen LogP contribution in [-0.2, 0) is 16.4 Å². The second kappa shape index (κ2) is 5.43. The highest BCUT2D eigenvalue weighted by molar-refractivity contribution is 9.10. The highest BCUT2D eigenvalue weighted by atomic mass is 79.9. The van der Waals surface area contributed by atoms with E-state index in [0.29, 0.717) is 16.6 Å². The van der Waals surface area contributed by atoms with E-state index in [1.54, 1.807) is 12.1 Å². The van der Waals surface area contributed by atoms with Crippen molar-refractivity contribution in [2.45, 2.75) is 18.2 Å². The molecule has 0 atom stereocenters. The number of halogens is 1. The lowest BCUT2D eigenvalue weighted by Crippen LogP contribution is -2.13. The maximum atomic E-state index is 12.2. The minimum Gasteiger partial charge on any atom is -0.399 e. The first-order chi connectivity index (χ1) is 8.92. The fourth-order valence-corrected chi connectivity index (χ4v) is 4.24. The Morgan fingerprint density at radius 1 is 1.42 bits per heavy atom. The zero-order valence-corrected chi connectivity index (χ0v) is 13.1. The van der Waals surface area contributed by atoms with Gasteiger partial charge in [0, 0.05) is 10.2 Å². The van der Waals surface area contributed by atoms with Crippen molar-refractivity contribution in [1.82, 2.24) is 10.2 Å². The standard InChI is InChI=1S/C10H11BrN4O2S2/c1-2-9-13-14-10(18-9)15-19(16,17)8-5-6(12)3-4-7(8)11/h3-5H,2,12H2,1H3,(H,14,15). The molecular formula is C10H11BrN4O2S2. The summed E-state index contributed by atoms with van der Waals surface area (Å²) >= 11 is 4.40. The lowest BCUT2D eigenvalue weighted by atomic mass is 10.3. The van der Waals surface area contributed by atoms with Gasteiger partial charge in [0.05, 0.1) is 0 Å². The number of hydrogen-bond donors (Lipinski definition) is 2. The molecule has 19 heavy (non-hydrogen) atoms. The van der Waals surface area contributed by atoms with Gasteiger partial charge in [-0.05, 0) is 40.5 Å². The van der Waals surface area contributed by atoms with Gasteiger partial charge >= 0.3 is 0 Å². The van der Waals surface area contributed by atoms with Crippen LogP contribution in [0.3, 0.4) is 0 Å². The predicted octanol–water partition coefficient (Wildman–Crippen LogP) is 2.25. The van der Waals surface area contributed by atoms with Gasteiger partial charge in [-0.1, -0.05) is 18.3 Å². The van der Waals surface area contributed by atoms with Gasteiger partial charge in [0.15, 0.2) is 0 Å². The third kappa shape index (κ3) is 3.23. The van der Waals surface area contributed by atoms with E-state index in [1.165, 1.54) is 17.4 Å². The molecule has 0 radical (unpaired) electrons. The Labute approximate surface area is 123 Å². The number of aryl methyl sites for hydroxylation is 1. The molecule has 0 saturated heterocycles. The third-order valence-corrected chi connectivity index (χ3v) is 5.68.